The second-order valence-electron chi connectivity index (χ2n) is 3.80. The van der Waals surface area contributed by atoms with Gasteiger partial charge in [-0.15, -0.1) is 0 Å². The Bertz CT molecular complexity index is 377. The summed E-state index contributed by atoms with van der Waals surface area (Å²) in [4.78, 5) is 0. The summed E-state index contributed by atoms with van der Waals surface area (Å²) in [7, 11) is 0. The summed E-state index contributed by atoms with van der Waals surface area (Å²) < 4.78 is 0. The van der Waals surface area contributed by atoms with Crippen LogP contribution in [0.2, 0.25) is 5.02 Å². The van der Waals surface area contributed by atoms with Gasteiger partial charge in [-0.25, -0.2) is 0 Å². The van der Waals surface area contributed by atoms with Crippen molar-refractivity contribution in [2.45, 2.75) is 25.8 Å². The molecule has 0 bridgehead atoms. The fourth-order valence-electron chi connectivity index (χ4n) is 1.55. The van der Waals surface area contributed by atoms with Gasteiger partial charge in [-0.2, -0.15) is 0 Å². The zero-order valence-corrected chi connectivity index (χ0v) is 10.2. The van der Waals surface area contributed by atoms with E-state index in [-0.39, 0.29) is 6.04 Å². The molecule has 0 saturated heterocycles. The lowest BCUT2D eigenvalue weighted by Gasteiger charge is -2.19. The van der Waals surface area contributed by atoms with Crippen molar-refractivity contribution in [2.75, 3.05) is 5.73 Å². The Morgan fingerprint density at radius 3 is 2.75 bits per heavy atom. The van der Waals surface area contributed by atoms with Gasteiger partial charge in [0.15, 0.2) is 0 Å². The normalized spacial score (nSPS) is 12.4. The van der Waals surface area contributed by atoms with Crippen molar-refractivity contribution in [1.29, 1.82) is 0 Å². The van der Waals surface area contributed by atoms with Gasteiger partial charge < -0.3 is 5.73 Å². The van der Waals surface area contributed by atoms with Crippen LogP contribution in [-0.4, -0.2) is 0 Å². The molecule has 0 amide bonds. The number of anilines is 1. The van der Waals surface area contributed by atoms with Crippen molar-refractivity contribution in [3.05, 3.63) is 40.9 Å². The van der Waals surface area contributed by atoms with Gasteiger partial charge in [0.2, 0.25) is 0 Å². The monoisotopic (exact) mass is 239 g/mol. The first kappa shape index (κ1) is 13.0. The lowest BCUT2D eigenvalue weighted by atomic mass is 9.98. The van der Waals surface area contributed by atoms with E-state index in [1.165, 1.54) is 0 Å². The maximum atomic E-state index is 5.91. The first-order valence-corrected chi connectivity index (χ1v) is 5.64. The van der Waals surface area contributed by atoms with E-state index in [0.29, 0.717) is 10.7 Å². The molecule has 1 rings (SSSR count). The molecular weight excluding hydrogens is 222 g/mol. The molecular formula is C12H18ClN3. The molecule has 0 aliphatic carbocycles. The molecule has 0 aliphatic rings. The average molecular weight is 240 g/mol. The fourth-order valence-corrected chi connectivity index (χ4v) is 1.74. The molecule has 0 aliphatic heterocycles. The summed E-state index contributed by atoms with van der Waals surface area (Å²) in [6, 6.07) is 5.43. The minimum absolute atomic E-state index is 0.00952. The minimum atomic E-state index is -0.00952. The van der Waals surface area contributed by atoms with Crippen LogP contribution in [0.1, 0.15) is 31.4 Å². The minimum Gasteiger partial charge on any atom is -0.398 e. The van der Waals surface area contributed by atoms with Crippen molar-refractivity contribution >= 4 is 17.3 Å². The predicted molar refractivity (Wildman–Crippen MR) is 70.0 cm³/mol. The second-order valence-corrected chi connectivity index (χ2v) is 4.24. The summed E-state index contributed by atoms with van der Waals surface area (Å²) in [5.41, 5.74) is 11.4. The summed E-state index contributed by atoms with van der Waals surface area (Å²) in [5, 5.41) is 0.631. The number of benzene rings is 1. The van der Waals surface area contributed by atoms with Gasteiger partial charge in [-0.1, -0.05) is 36.7 Å². The summed E-state index contributed by atoms with van der Waals surface area (Å²) in [6.45, 7) is 6.04. The van der Waals surface area contributed by atoms with Gasteiger partial charge in [0.05, 0.1) is 6.04 Å². The van der Waals surface area contributed by atoms with E-state index in [4.69, 9.17) is 23.2 Å². The Labute approximate surface area is 101 Å². The topological polar surface area (TPSA) is 64.1 Å². The average Bonchev–Trinajstić information content (AvgIpc) is 2.26. The molecule has 1 unspecified atom stereocenters. The van der Waals surface area contributed by atoms with Crippen LogP contribution in [0.3, 0.4) is 0 Å². The molecule has 88 valence electrons. The third-order valence-corrected chi connectivity index (χ3v) is 2.85. The summed E-state index contributed by atoms with van der Waals surface area (Å²) in [6.07, 6.45) is 1.71. The first-order chi connectivity index (χ1) is 7.58. The van der Waals surface area contributed by atoms with Gasteiger partial charge in [0.1, 0.15) is 0 Å². The number of rotatable bonds is 5. The van der Waals surface area contributed by atoms with Crippen molar-refractivity contribution in [2.24, 2.45) is 5.84 Å². The summed E-state index contributed by atoms with van der Waals surface area (Å²) in [5.74, 6) is 5.54. The van der Waals surface area contributed by atoms with Crippen molar-refractivity contribution < 1.29 is 0 Å². The van der Waals surface area contributed by atoms with Crippen LogP contribution in [-0.2, 0) is 0 Å². The maximum Gasteiger partial charge on any atom is 0.0517 e. The highest BCUT2D eigenvalue weighted by Crippen LogP contribution is 2.27. The SMILES string of the molecule is C=C(CC)CC(NN)c1ccc(Cl)cc1N. The maximum absolute atomic E-state index is 5.91. The highest BCUT2D eigenvalue weighted by Gasteiger charge is 2.13. The molecule has 5 N–H and O–H groups in total. The molecule has 1 aromatic carbocycles. The van der Waals surface area contributed by atoms with Crippen molar-refractivity contribution in [1.82, 2.24) is 5.43 Å². The van der Waals surface area contributed by atoms with E-state index in [1.54, 1.807) is 6.07 Å². The molecule has 0 aromatic heterocycles. The number of nitrogen functional groups attached to an aromatic ring is 1. The standard InChI is InChI=1S/C12H18ClN3/c1-3-8(2)6-12(16-15)10-5-4-9(13)7-11(10)14/h4-5,7,12,16H,2-3,6,14-15H2,1H3. The number of halogens is 1. The fraction of sp³-hybridized carbons (Fsp3) is 0.333. The van der Waals surface area contributed by atoms with Crippen LogP contribution in [0.15, 0.2) is 30.4 Å². The highest BCUT2D eigenvalue weighted by atomic mass is 35.5. The lowest BCUT2D eigenvalue weighted by Crippen LogP contribution is -2.28. The molecule has 0 spiro atoms. The molecule has 0 heterocycles. The van der Waals surface area contributed by atoms with Gasteiger partial charge in [0.25, 0.3) is 0 Å². The number of hydrogen-bond donors (Lipinski definition) is 3. The Hall–Kier alpha value is -1.03. The molecule has 4 heteroatoms. The van der Waals surface area contributed by atoms with Crippen molar-refractivity contribution in [3.63, 3.8) is 0 Å². The quantitative estimate of drug-likeness (QED) is 0.320. The molecule has 16 heavy (non-hydrogen) atoms. The molecule has 1 aromatic rings. The van der Waals surface area contributed by atoms with Crippen molar-refractivity contribution in [3.8, 4) is 0 Å². The molecule has 1 atom stereocenters. The summed E-state index contributed by atoms with van der Waals surface area (Å²) >= 11 is 5.85. The Kier molecular flexibility index (Phi) is 4.80. The van der Waals surface area contributed by atoms with E-state index < -0.39 is 0 Å². The van der Waals surface area contributed by atoms with E-state index >= 15 is 0 Å². The molecule has 0 radical (unpaired) electrons. The van der Waals surface area contributed by atoms with Crippen LogP contribution in [0.5, 0.6) is 0 Å². The third kappa shape index (κ3) is 3.23. The molecule has 3 nitrogen and oxygen atoms in total. The first-order valence-electron chi connectivity index (χ1n) is 5.26. The van der Waals surface area contributed by atoms with Crippen LogP contribution < -0.4 is 17.0 Å². The molecule has 0 saturated carbocycles. The van der Waals surface area contributed by atoms with E-state index in [2.05, 4.69) is 18.9 Å². The van der Waals surface area contributed by atoms with Crippen LogP contribution in [0.4, 0.5) is 5.69 Å². The van der Waals surface area contributed by atoms with Crippen LogP contribution in [0, 0.1) is 0 Å². The Morgan fingerprint density at radius 2 is 2.25 bits per heavy atom. The zero-order chi connectivity index (χ0) is 12.1. The van der Waals surface area contributed by atoms with Gasteiger partial charge in [-0.05, 0) is 30.5 Å². The third-order valence-electron chi connectivity index (χ3n) is 2.62. The zero-order valence-electron chi connectivity index (χ0n) is 9.46. The highest BCUT2D eigenvalue weighted by molar-refractivity contribution is 6.30. The van der Waals surface area contributed by atoms with Gasteiger partial charge >= 0.3 is 0 Å². The second kappa shape index (κ2) is 5.89. The Balaban J connectivity index is 2.90. The largest absolute Gasteiger partial charge is 0.398 e. The Morgan fingerprint density at radius 1 is 1.56 bits per heavy atom. The van der Waals surface area contributed by atoms with Crippen LogP contribution in [0.25, 0.3) is 0 Å². The van der Waals surface area contributed by atoms with Gasteiger partial charge in [-0.3, -0.25) is 11.3 Å². The van der Waals surface area contributed by atoms with E-state index in [1.807, 2.05) is 12.1 Å². The van der Waals surface area contributed by atoms with E-state index in [0.717, 1.165) is 24.0 Å². The van der Waals surface area contributed by atoms with Gasteiger partial charge in [0, 0.05) is 10.7 Å². The van der Waals surface area contributed by atoms with E-state index in [9.17, 15) is 0 Å². The lowest BCUT2D eigenvalue weighted by molar-refractivity contribution is 0.546. The number of hydrazine groups is 1. The number of nitrogens with two attached hydrogens (primary N) is 2. The number of hydrogen-bond acceptors (Lipinski definition) is 3. The molecule has 0 fully saturated rings. The smallest absolute Gasteiger partial charge is 0.0517 e. The van der Waals surface area contributed by atoms with Crippen LogP contribution >= 0.6 is 11.6 Å². The predicted octanol–water partition coefficient (Wildman–Crippen LogP) is 2.78. The number of nitrogens with one attached hydrogen (secondary N) is 1.